The lowest BCUT2D eigenvalue weighted by molar-refractivity contribution is 0.0893. The van der Waals surface area contributed by atoms with E-state index >= 15 is 0 Å². The van der Waals surface area contributed by atoms with Gasteiger partial charge in [-0.1, -0.05) is 17.3 Å². The number of nitrogens with zero attached hydrogens (tertiary/aromatic N) is 6. The van der Waals surface area contributed by atoms with E-state index < -0.39 is 11.4 Å². The Bertz CT molecular complexity index is 1510. The first-order valence-electron chi connectivity index (χ1n) is 10.6. The highest BCUT2D eigenvalue weighted by Crippen LogP contribution is 2.32. The fourth-order valence-corrected chi connectivity index (χ4v) is 3.70. The number of aromatic nitrogens is 6. The molecule has 0 aliphatic carbocycles. The molecular formula is C24H22N8O2. The van der Waals surface area contributed by atoms with Crippen LogP contribution in [0.2, 0.25) is 0 Å². The van der Waals surface area contributed by atoms with Gasteiger partial charge in [-0.2, -0.15) is 5.10 Å². The normalized spacial score (nSPS) is 11.6. The van der Waals surface area contributed by atoms with Gasteiger partial charge in [-0.05, 0) is 38.1 Å². The summed E-state index contributed by atoms with van der Waals surface area (Å²) >= 11 is 0. The molecule has 0 fully saturated rings. The molecule has 0 saturated carbocycles. The number of amides is 1. The van der Waals surface area contributed by atoms with Crippen LogP contribution >= 0.6 is 0 Å². The van der Waals surface area contributed by atoms with Crippen molar-refractivity contribution in [2.45, 2.75) is 19.4 Å². The average Bonchev–Trinajstić information content (AvgIpc) is 3.51. The number of rotatable bonds is 5. The van der Waals surface area contributed by atoms with E-state index in [2.05, 4.69) is 30.5 Å². The minimum atomic E-state index is -0.837. The molecule has 1 aromatic carbocycles. The van der Waals surface area contributed by atoms with E-state index in [1.54, 1.807) is 30.8 Å². The van der Waals surface area contributed by atoms with Gasteiger partial charge >= 0.3 is 0 Å². The van der Waals surface area contributed by atoms with E-state index in [1.807, 2.05) is 49.6 Å². The highest BCUT2D eigenvalue weighted by molar-refractivity contribution is 5.98. The number of hydrogen-bond acceptors (Lipinski definition) is 8. The Hall–Kier alpha value is -4.60. The number of fused-ring (bicyclic) bond motifs is 1. The fourth-order valence-electron chi connectivity index (χ4n) is 3.70. The molecule has 3 N–H and O–H groups in total. The summed E-state index contributed by atoms with van der Waals surface area (Å²) in [4.78, 5) is 26.9. The maximum absolute atomic E-state index is 13.2. The quantitative estimate of drug-likeness (QED) is 0.412. The summed E-state index contributed by atoms with van der Waals surface area (Å²) in [6.45, 7) is 3.60. The van der Waals surface area contributed by atoms with Gasteiger partial charge in [0, 0.05) is 36.5 Å². The molecule has 0 radical (unpaired) electrons. The van der Waals surface area contributed by atoms with Crippen LogP contribution in [0.5, 0.6) is 0 Å². The van der Waals surface area contributed by atoms with Crippen LogP contribution in [0.3, 0.4) is 0 Å². The smallest absolute Gasteiger partial charge is 0.274 e. The predicted octanol–water partition coefficient (Wildman–Crippen LogP) is 3.33. The van der Waals surface area contributed by atoms with Crippen molar-refractivity contribution in [2.24, 2.45) is 7.05 Å². The molecule has 1 amide bonds. The number of benzene rings is 1. The number of carbonyl (C=O) groups excluding carboxylic acids is 1. The second kappa shape index (κ2) is 8.07. The maximum atomic E-state index is 13.2. The Kier molecular flexibility index (Phi) is 5.05. The monoisotopic (exact) mass is 454 g/mol. The second-order valence-corrected chi connectivity index (χ2v) is 8.40. The van der Waals surface area contributed by atoms with Crippen molar-refractivity contribution in [1.29, 1.82) is 0 Å². The van der Waals surface area contributed by atoms with Gasteiger partial charge in [0.2, 0.25) is 0 Å². The topological polar surface area (TPSA) is 138 Å². The fraction of sp³-hybridized carbons (Fsp3) is 0.167. The Morgan fingerprint density at radius 3 is 2.68 bits per heavy atom. The number of pyridine rings is 1. The second-order valence-electron chi connectivity index (χ2n) is 8.40. The zero-order valence-corrected chi connectivity index (χ0v) is 18.9. The lowest BCUT2D eigenvalue weighted by atomic mass is 10.0. The van der Waals surface area contributed by atoms with Crippen molar-refractivity contribution in [1.82, 2.24) is 35.2 Å². The Labute approximate surface area is 194 Å². The zero-order valence-electron chi connectivity index (χ0n) is 18.9. The number of carbonyl (C=O) groups is 1. The predicted molar refractivity (Wildman–Crippen MR) is 126 cm³/mol. The molecule has 0 atom stereocenters. The average molecular weight is 454 g/mol. The summed E-state index contributed by atoms with van der Waals surface area (Å²) in [5.41, 5.74) is 8.57. The molecule has 0 unspecified atom stereocenters. The summed E-state index contributed by atoms with van der Waals surface area (Å²) < 4.78 is 6.90. The van der Waals surface area contributed by atoms with Gasteiger partial charge in [-0.25, -0.2) is 9.97 Å². The minimum absolute atomic E-state index is 0.00210. The highest BCUT2D eigenvalue weighted by Gasteiger charge is 2.30. The Balaban J connectivity index is 1.63. The third-order valence-electron chi connectivity index (χ3n) is 5.45. The molecule has 170 valence electrons. The lowest BCUT2D eigenvalue weighted by Gasteiger charge is -2.23. The molecule has 0 aliphatic heterocycles. The number of nitrogens with one attached hydrogen (secondary N) is 1. The van der Waals surface area contributed by atoms with Crippen molar-refractivity contribution < 1.29 is 9.32 Å². The molecular weight excluding hydrogens is 432 g/mol. The maximum Gasteiger partial charge on any atom is 0.274 e. The standard InChI is InChI=1S/C24H22N8O2/c1-24(2,18-8-11-27-34-18)30-23(33)21-22(25)29-20(17-9-12-32(3)31-17)19(28-21)15-6-7-16-14(13-15)5-4-10-26-16/h4-13H,1-3H3,(H2,25,29)(H,30,33). The lowest BCUT2D eigenvalue weighted by Crippen LogP contribution is -2.41. The molecule has 0 saturated heterocycles. The zero-order chi connectivity index (χ0) is 23.9. The Morgan fingerprint density at radius 1 is 1.09 bits per heavy atom. The van der Waals surface area contributed by atoms with Gasteiger partial charge in [0.05, 0.1) is 22.9 Å². The van der Waals surface area contributed by atoms with Gasteiger partial charge in [-0.3, -0.25) is 14.5 Å². The molecule has 0 spiro atoms. The molecule has 34 heavy (non-hydrogen) atoms. The van der Waals surface area contributed by atoms with E-state index in [4.69, 9.17) is 10.3 Å². The van der Waals surface area contributed by atoms with Gasteiger partial charge in [0.15, 0.2) is 17.3 Å². The highest BCUT2D eigenvalue weighted by atomic mass is 16.5. The van der Waals surface area contributed by atoms with Crippen molar-refractivity contribution in [3.63, 3.8) is 0 Å². The first-order valence-corrected chi connectivity index (χ1v) is 10.6. The van der Waals surface area contributed by atoms with E-state index in [9.17, 15) is 4.79 Å². The summed E-state index contributed by atoms with van der Waals surface area (Å²) in [5, 5.41) is 12.0. The molecule has 5 aromatic rings. The van der Waals surface area contributed by atoms with Crippen LogP contribution in [0.15, 0.2) is 65.6 Å². The van der Waals surface area contributed by atoms with E-state index in [1.165, 1.54) is 6.20 Å². The first kappa shape index (κ1) is 21.3. The van der Waals surface area contributed by atoms with Crippen molar-refractivity contribution in [3.05, 3.63) is 72.5 Å². The van der Waals surface area contributed by atoms with Crippen LogP contribution in [0.25, 0.3) is 33.5 Å². The third kappa shape index (κ3) is 3.85. The molecule has 4 heterocycles. The van der Waals surface area contributed by atoms with Crippen LogP contribution in [-0.2, 0) is 12.6 Å². The number of hydrogen-bond donors (Lipinski definition) is 2. The van der Waals surface area contributed by atoms with Crippen molar-refractivity contribution >= 4 is 22.6 Å². The largest absolute Gasteiger partial charge is 0.382 e. The number of nitrogens with two attached hydrogens (primary N) is 1. The molecule has 10 nitrogen and oxygen atoms in total. The Morgan fingerprint density at radius 2 is 1.94 bits per heavy atom. The van der Waals surface area contributed by atoms with Crippen molar-refractivity contribution in [2.75, 3.05) is 5.73 Å². The van der Waals surface area contributed by atoms with Crippen LogP contribution < -0.4 is 11.1 Å². The van der Waals surface area contributed by atoms with Crippen molar-refractivity contribution in [3.8, 4) is 22.6 Å². The number of nitrogen functional groups attached to an aromatic ring is 1. The van der Waals surface area contributed by atoms with Gasteiger partial charge < -0.3 is 15.6 Å². The molecule has 5 rings (SSSR count). The summed E-state index contributed by atoms with van der Waals surface area (Å²) in [6, 6.07) is 13.1. The van der Waals surface area contributed by atoms with Crippen LogP contribution in [-0.4, -0.2) is 35.8 Å². The van der Waals surface area contributed by atoms with Gasteiger partial charge in [0.1, 0.15) is 11.4 Å². The van der Waals surface area contributed by atoms with Crippen LogP contribution in [0.1, 0.15) is 30.1 Å². The third-order valence-corrected chi connectivity index (χ3v) is 5.45. The SMILES string of the molecule is Cn1ccc(-c2nc(N)c(C(=O)NC(C)(C)c3ccno3)nc2-c2ccc3ncccc3c2)n1. The van der Waals surface area contributed by atoms with E-state index in [0.29, 0.717) is 22.8 Å². The minimum Gasteiger partial charge on any atom is -0.382 e. The summed E-state index contributed by atoms with van der Waals surface area (Å²) in [7, 11) is 1.81. The number of anilines is 1. The van der Waals surface area contributed by atoms with E-state index in [-0.39, 0.29) is 11.5 Å². The molecule has 10 heteroatoms. The van der Waals surface area contributed by atoms with Gasteiger partial charge in [-0.15, -0.1) is 0 Å². The summed E-state index contributed by atoms with van der Waals surface area (Å²) in [5.74, 6) is 0.0140. The van der Waals surface area contributed by atoms with Crippen LogP contribution in [0, 0.1) is 0 Å². The summed E-state index contributed by atoms with van der Waals surface area (Å²) in [6.07, 6.45) is 5.07. The number of aryl methyl sites for hydroxylation is 1. The molecule has 0 aliphatic rings. The van der Waals surface area contributed by atoms with Crippen LogP contribution in [0.4, 0.5) is 5.82 Å². The van der Waals surface area contributed by atoms with Gasteiger partial charge in [0.25, 0.3) is 5.91 Å². The molecule has 0 bridgehead atoms. The van der Waals surface area contributed by atoms with E-state index in [0.717, 1.165) is 16.5 Å². The molecule has 4 aromatic heterocycles. The first-order chi connectivity index (χ1) is 16.3.